The molecule has 0 unspecified atom stereocenters. The molecule has 0 aromatic heterocycles. The quantitative estimate of drug-likeness (QED) is 0.162. The molecule has 1 aliphatic carbocycles. The molecule has 0 radical (unpaired) electrons. The first-order chi connectivity index (χ1) is 24.1. The average molecular weight is 660 g/mol. The fourth-order valence-corrected chi connectivity index (χ4v) is 12.0. The van der Waals surface area contributed by atoms with Crippen molar-refractivity contribution < 1.29 is 0 Å². The summed E-state index contributed by atoms with van der Waals surface area (Å²) in [5, 5.41) is 0.324. The molecule has 1 nitrogen and oxygen atoms in total. The van der Waals surface area contributed by atoms with E-state index in [0.717, 1.165) is 0 Å². The normalized spacial score (nSPS) is 15.1. The van der Waals surface area contributed by atoms with Crippen LogP contribution in [0.4, 0.5) is 17.1 Å². The molecule has 3 aliphatic heterocycles. The number of nitrogens with zero attached hydrogens (tertiary/aromatic N) is 1. The van der Waals surface area contributed by atoms with E-state index in [1.165, 1.54) is 99.1 Å². The average Bonchev–Trinajstić information content (AvgIpc) is 3.43. The number of aryl methyl sites for hydroxylation is 2. The molecule has 7 aromatic rings. The Morgan fingerprint density at radius 2 is 0.898 bits per heavy atom. The minimum Gasteiger partial charge on any atom is -0.310 e. The summed E-state index contributed by atoms with van der Waals surface area (Å²) in [5.41, 5.74) is 20.8. The lowest BCUT2D eigenvalue weighted by molar-refractivity contribution is 0.750. The van der Waals surface area contributed by atoms with Crippen LogP contribution in [-0.4, -0.2) is 5.27 Å². The maximum absolute atomic E-state index is 2.57. The lowest BCUT2D eigenvalue weighted by Crippen LogP contribution is -2.37. The standard InChI is InChI=1S/C45H30BNS2/c1-27-19-21-40-38(23-27)45(36-15-7-3-11-30(36)31-12-4-8-16-37(31)45)39-24-28(2)20-22-41(39)47(40)29-25-34-32-13-5-9-17-42(32)48-46-44(34)35(26-29)33-14-6-10-18-43(33)49-46/h3-26H,1-2H3. The third-order valence-electron chi connectivity index (χ3n) is 11.0. The van der Waals surface area contributed by atoms with Crippen molar-refractivity contribution in [2.75, 3.05) is 4.90 Å². The van der Waals surface area contributed by atoms with Gasteiger partial charge in [-0.15, -0.1) is 0 Å². The number of hydrogen-bond acceptors (Lipinski definition) is 3. The Kier molecular flexibility index (Phi) is 5.75. The maximum atomic E-state index is 2.57. The molecule has 49 heavy (non-hydrogen) atoms. The highest BCUT2D eigenvalue weighted by Crippen LogP contribution is 2.64. The van der Waals surface area contributed by atoms with Gasteiger partial charge in [0.25, 0.3) is 0 Å². The molecule has 0 saturated carbocycles. The Morgan fingerprint density at radius 1 is 0.449 bits per heavy atom. The summed E-state index contributed by atoms with van der Waals surface area (Å²) >= 11 is 4.00. The summed E-state index contributed by atoms with van der Waals surface area (Å²) in [6.45, 7) is 4.48. The second kappa shape index (κ2) is 10.1. The summed E-state index contributed by atoms with van der Waals surface area (Å²) in [4.78, 5) is 5.29. The number of fused-ring (bicyclic) bond motifs is 13. The van der Waals surface area contributed by atoms with Crippen molar-refractivity contribution in [2.24, 2.45) is 0 Å². The van der Waals surface area contributed by atoms with E-state index in [1.807, 2.05) is 23.2 Å². The van der Waals surface area contributed by atoms with Gasteiger partial charge in [0, 0.05) is 15.5 Å². The van der Waals surface area contributed by atoms with Crippen LogP contribution in [-0.2, 0) is 5.41 Å². The van der Waals surface area contributed by atoms with E-state index in [-0.39, 0.29) is 0 Å². The van der Waals surface area contributed by atoms with Crippen molar-refractivity contribution in [3.8, 4) is 33.4 Å². The smallest absolute Gasteiger partial charge is 0.310 e. The van der Waals surface area contributed by atoms with Crippen molar-refractivity contribution in [1.29, 1.82) is 0 Å². The molecule has 3 heterocycles. The molecule has 0 N–H and O–H groups in total. The Balaban J connectivity index is 1.26. The van der Waals surface area contributed by atoms with E-state index in [1.54, 1.807) is 0 Å². The van der Waals surface area contributed by atoms with Gasteiger partial charge in [-0.2, -0.15) is 23.2 Å². The Bertz CT molecular complexity index is 2400. The molecule has 230 valence electrons. The zero-order valence-electron chi connectivity index (χ0n) is 27.2. The van der Waals surface area contributed by atoms with Gasteiger partial charge >= 0.3 is 5.27 Å². The fraction of sp³-hybridized carbons (Fsp3) is 0.0667. The molecule has 7 aromatic carbocycles. The summed E-state index contributed by atoms with van der Waals surface area (Å²) in [7, 11) is 0. The highest BCUT2D eigenvalue weighted by Gasteiger charge is 2.52. The maximum Gasteiger partial charge on any atom is 0.318 e. The number of anilines is 3. The summed E-state index contributed by atoms with van der Waals surface area (Å²) < 4.78 is 0. The van der Waals surface area contributed by atoms with Crippen LogP contribution in [0.3, 0.4) is 0 Å². The van der Waals surface area contributed by atoms with Gasteiger partial charge in [-0.25, -0.2) is 0 Å². The minimum atomic E-state index is -0.424. The molecule has 0 bridgehead atoms. The lowest BCUT2D eigenvalue weighted by atomic mass is 9.64. The van der Waals surface area contributed by atoms with Gasteiger partial charge in [0.2, 0.25) is 0 Å². The van der Waals surface area contributed by atoms with Gasteiger partial charge in [0.1, 0.15) is 0 Å². The minimum absolute atomic E-state index is 0.324. The van der Waals surface area contributed by atoms with Crippen LogP contribution in [0.25, 0.3) is 33.4 Å². The van der Waals surface area contributed by atoms with E-state index in [0.29, 0.717) is 5.27 Å². The van der Waals surface area contributed by atoms with Crippen molar-refractivity contribution >= 4 is 51.0 Å². The van der Waals surface area contributed by atoms with E-state index in [4.69, 9.17) is 0 Å². The van der Waals surface area contributed by atoms with Gasteiger partial charge in [0.15, 0.2) is 0 Å². The molecular formula is C45H30BNS2. The van der Waals surface area contributed by atoms with Crippen LogP contribution in [0.2, 0.25) is 0 Å². The van der Waals surface area contributed by atoms with Crippen LogP contribution in [0.1, 0.15) is 33.4 Å². The zero-order chi connectivity index (χ0) is 32.4. The van der Waals surface area contributed by atoms with E-state index < -0.39 is 5.41 Å². The van der Waals surface area contributed by atoms with Crippen LogP contribution in [0, 0.1) is 13.8 Å². The van der Waals surface area contributed by atoms with Gasteiger partial charge in [0.05, 0.1) is 16.8 Å². The first kappa shape index (κ1) is 28.0. The van der Waals surface area contributed by atoms with E-state index >= 15 is 0 Å². The molecular weight excluding hydrogens is 629 g/mol. The van der Waals surface area contributed by atoms with Crippen molar-refractivity contribution in [3.63, 3.8) is 0 Å². The second-order valence-corrected chi connectivity index (χ2v) is 16.3. The second-order valence-electron chi connectivity index (χ2n) is 13.7. The Hall–Kier alpha value is -4.90. The number of benzene rings is 7. The Labute approximate surface area is 295 Å². The van der Waals surface area contributed by atoms with E-state index in [2.05, 4.69) is 164 Å². The predicted molar refractivity (Wildman–Crippen MR) is 209 cm³/mol. The van der Waals surface area contributed by atoms with Crippen LogP contribution < -0.4 is 10.4 Å². The zero-order valence-corrected chi connectivity index (χ0v) is 28.8. The van der Waals surface area contributed by atoms with Gasteiger partial charge < -0.3 is 4.90 Å². The highest BCUT2D eigenvalue weighted by molar-refractivity contribution is 8.56. The lowest BCUT2D eigenvalue weighted by Gasteiger charge is -2.46. The molecule has 0 saturated heterocycles. The molecule has 11 rings (SSSR count). The van der Waals surface area contributed by atoms with E-state index in [9.17, 15) is 0 Å². The van der Waals surface area contributed by atoms with Crippen LogP contribution >= 0.6 is 23.2 Å². The van der Waals surface area contributed by atoms with Crippen molar-refractivity contribution in [3.05, 3.63) is 179 Å². The molecule has 1 spiro atoms. The van der Waals surface area contributed by atoms with Crippen LogP contribution in [0.15, 0.2) is 155 Å². The van der Waals surface area contributed by atoms with Crippen LogP contribution in [0.5, 0.6) is 0 Å². The predicted octanol–water partition coefficient (Wildman–Crippen LogP) is 11.7. The monoisotopic (exact) mass is 659 g/mol. The molecule has 4 aliphatic rings. The number of rotatable bonds is 1. The van der Waals surface area contributed by atoms with Crippen molar-refractivity contribution in [2.45, 2.75) is 29.1 Å². The third kappa shape index (κ3) is 3.66. The molecule has 4 heteroatoms. The van der Waals surface area contributed by atoms with Gasteiger partial charge in [-0.3, -0.25) is 0 Å². The third-order valence-corrected chi connectivity index (χ3v) is 13.7. The first-order valence-corrected chi connectivity index (χ1v) is 18.8. The Morgan fingerprint density at radius 3 is 1.41 bits per heavy atom. The molecule has 0 amide bonds. The topological polar surface area (TPSA) is 3.24 Å². The van der Waals surface area contributed by atoms with Gasteiger partial charge in [-0.05, 0) is 111 Å². The molecule has 0 fully saturated rings. The SMILES string of the molecule is Cc1ccc2c(c1)C1(c3ccccc3-c3ccccc31)c1cc(C)ccc1N2c1cc2c3c(c1)-c1ccccc1SB3Sc1ccccc1-2. The largest absolute Gasteiger partial charge is 0.318 e. The first-order valence-electron chi connectivity index (χ1n) is 17.0. The number of hydrogen-bond donors (Lipinski definition) is 0. The fourth-order valence-electron chi connectivity index (χ4n) is 9.08. The van der Waals surface area contributed by atoms with Crippen molar-refractivity contribution in [1.82, 2.24) is 0 Å². The van der Waals surface area contributed by atoms with Gasteiger partial charge in [-0.1, -0.05) is 120 Å². The summed E-state index contributed by atoms with van der Waals surface area (Å²) in [6.07, 6.45) is 0. The summed E-state index contributed by atoms with van der Waals surface area (Å²) in [6, 6.07) is 55.4. The summed E-state index contributed by atoms with van der Waals surface area (Å²) in [5.74, 6) is 0. The highest BCUT2D eigenvalue weighted by atomic mass is 32.2. The molecule has 0 atom stereocenters.